The lowest BCUT2D eigenvalue weighted by Gasteiger charge is -2.12. The van der Waals surface area contributed by atoms with Crippen LogP contribution in [0, 0.1) is 0 Å². The van der Waals surface area contributed by atoms with Crippen molar-refractivity contribution in [2.24, 2.45) is 0 Å². The van der Waals surface area contributed by atoms with Gasteiger partial charge in [0.1, 0.15) is 0 Å². The summed E-state index contributed by atoms with van der Waals surface area (Å²) in [6.45, 7) is 4.33. The Morgan fingerprint density at radius 1 is 1.15 bits per heavy atom. The normalized spacial score (nSPS) is 11.2. The van der Waals surface area contributed by atoms with Crippen molar-refractivity contribution in [3.63, 3.8) is 0 Å². The number of carbonyl (C=O) groups is 1. The van der Waals surface area contributed by atoms with Crippen molar-refractivity contribution in [1.82, 2.24) is 34.7 Å². The molecule has 27 heavy (non-hydrogen) atoms. The molecule has 0 radical (unpaired) electrons. The first-order valence-electron chi connectivity index (χ1n) is 8.71. The standard InChI is InChI=1S/C19H19N7O/c1-13(2)18-14(11-22-26(18)15-7-3-5-9-20-15)19(27)21-12-17-24-23-16-8-4-6-10-25(16)17/h3-11,13H,12H2,1-2H3,(H,21,27). The van der Waals surface area contributed by atoms with Crippen LogP contribution in [0.5, 0.6) is 0 Å². The van der Waals surface area contributed by atoms with Crippen LogP contribution in [0.1, 0.15) is 41.6 Å². The van der Waals surface area contributed by atoms with Crippen LogP contribution >= 0.6 is 0 Å². The molecule has 0 atom stereocenters. The number of fused-ring (bicyclic) bond motifs is 1. The largest absolute Gasteiger partial charge is 0.345 e. The molecular formula is C19H19N7O. The number of hydrogen-bond donors (Lipinski definition) is 1. The van der Waals surface area contributed by atoms with Gasteiger partial charge in [0, 0.05) is 12.4 Å². The van der Waals surface area contributed by atoms with Crippen molar-refractivity contribution < 1.29 is 4.79 Å². The van der Waals surface area contributed by atoms with Crippen LogP contribution in [0.25, 0.3) is 11.5 Å². The Kier molecular flexibility index (Phi) is 4.37. The number of rotatable bonds is 5. The zero-order chi connectivity index (χ0) is 18.8. The van der Waals surface area contributed by atoms with Crippen LogP contribution in [-0.2, 0) is 6.54 Å². The van der Waals surface area contributed by atoms with Crippen LogP contribution < -0.4 is 5.32 Å². The van der Waals surface area contributed by atoms with E-state index in [4.69, 9.17) is 0 Å². The third kappa shape index (κ3) is 3.17. The Balaban J connectivity index is 1.59. The first-order chi connectivity index (χ1) is 13.1. The number of carbonyl (C=O) groups excluding carboxylic acids is 1. The van der Waals surface area contributed by atoms with Crippen molar-refractivity contribution in [3.05, 3.63) is 72.1 Å². The fraction of sp³-hybridized carbons (Fsp3) is 0.211. The summed E-state index contributed by atoms with van der Waals surface area (Å²) >= 11 is 0. The Labute approximate surface area is 155 Å². The molecular weight excluding hydrogens is 342 g/mol. The lowest BCUT2D eigenvalue weighted by atomic mass is 10.1. The minimum absolute atomic E-state index is 0.101. The van der Waals surface area contributed by atoms with Crippen molar-refractivity contribution in [3.8, 4) is 5.82 Å². The zero-order valence-corrected chi connectivity index (χ0v) is 15.1. The second-order valence-electron chi connectivity index (χ2n) is 6.43. The van der Waals surface area contributed by atoms with Gasteiger partial charge in [0.05, 0.1) is 24.0 Å². The molecule has 1 N–H and O–H groups in total. The fourth-order valence-corrected chi connectivity index (χ4v) is 3.02. The molecule has 0 aliphatic carbocycles. The van der Waals surface area contributed by atoms with Crippen molar-refractivity contribution in [1.29, 1.82) is 0 Å². The molecule has 4 rings (SSSR count). The fourth-order valence-electron chi connectivity index (χ4n) is 3.02. The topological polar surface area (TPSA) is 90.0 Å². The van der Waals surface area contributed by atoms with Gasteiger partial charge >= 0.3 is 0 Å². The number of nitrogens with one attached hydrogen (secondary N) is 1. The maximum Gasteiger partial charge on any atom is 0.255 e. The quantitative estimate of drug-likeness (QED) is 0.589. The average Bonchev–Trinajstić information content (AvgIpc) is 3.31. The summed E-state index contributed by atoms with van der Waals surface area (Å²) in [5.41, 5.74) is 2.09. The maximum absolute atomic E-state index is 12.8. The van der Waals surface area contributed by atoms with E-state index in [1.165, 1.54) is 0 Å². The molecule has 4 aromatic rings. The summed E-state index contributed by atoms with van der Waals surface area (Å²) in [6, 6.07) is 11.3. The SMILES string of the molecule is CC(C)c1c(C(=O)NCc2nnc3ccccn23)cnn1-c1ccccn1. The Bertz CT molecular complexity index is 1080. The van der Waals surface area contributed by atoms with E-state index < -0.39 is 0 Å². The Morgan fingerprint density at radius 2 is 2.00 bits per heavy atom. The molecule has 136 valence electrons. The maximum atomic E-state index is 12.8. The van der Waals surface area contributed by atoms with Gasteiger partial charge in [0.25, 0.3) is 5.91 Å². The third-order valence-electron chi connectivity index (χ3n) is 4.26. The molecule has 4 aromatic heterocycles. The van der Waals surface area contributed by atoms with Crippen LogP contribution in [0.4, 0.5) is 0 Å². The van der Waals surface area contributed by atoms with Gasteiger partial charge in [-0.1, -0.05) is 26.0 Å². The summed E-state index contributed by atoms with van der Waals surface area (Å²) in [7, 11) is 0. The third-order valence-corrected chi connectivity index (χ3v) is 4.26. The molecule has 4 heterocycles. The number of aromatic nitrogens is 6. The molecule has 0 aliphatic heterocycles. The average molecular weight is 361 g/mol. The second kappa shape index (κ2) is 6.99. The minimum atomic E-state index is -0.200. The van der Waals surface area contributed by atoms with Crippen LogP contribution in [0.2, 0.25) is 0 Å². The molecule has 0 aliphatic rings. The van der Waals surface area contributed by atoms with Gasteiger partial charge in [-0.05, 0) is 30.2 Å². The molecule has 0 bridgehead atoms. The molecule has 0 saturated carbocycles. The van der Waals surface area contributed by atoms with Crippen LogP contribution in [0.15, 0.2) is 55.0 Å². The Hall–Kier alpha value is -3.55. The summed E-state index contributed by atoms with van der Waals surface area (Å²) in [4.78, 5) is 17.1. The molecule has 8 heteroatoms. The lowest BCUT2D eigenvalue weighted by molar-refractivity contribution is 0.0948. The molecule has 0 saturated heterocycles. The summed E-state index contributed by atoms with van der Waals surface area (Å²) in [5.74, 6) is 1.25. The van der Waals surface area contributed by atoms with Gasteiger partial charge in [-0.15, -0.1) is 10.2 Å². The highest BCUT2D eigenvalue weighted by atomic mass is 16.1. The lowest BCUT2D eigenvalue weighted by Crippen LogP contribution is -2.25. The number of pyridine rings is 2. The van der Waals surface area contributed by atoms with Gasteiger partial charge < -0.3 is 5.32 Å². The predicted molar refractivity (Wildman–Crippen MR) is 99.6 cm³/mol. The van der Waals surface area contributed by atoms with E-state index in [0.29, 0.717) is 17.2 Å². The summed E-state index contributed by atoms with van der Waals surface area (Å²) in [6.07, 6.45) is 5.16. The molecule has 1 amide bonds. The van der Waals surface area contributed by atoms with E-state index in [9.17, 15) is 4.79 Å². The molecule has 0 aromatic carbocycles. The minimum Gasteiger partial charge on any atom is -0.345 e. The summed E-state index contributed by atoms with van der Waals surface area (Å²) < 4.78 is 3.56. The van der Waals surface area contributed by atoms with E-state index >= 15 is 0 Å². The van der Waals surface area contributed by atoms with Gasteiger partial charge in [-0.3, -0.25) is 9.20 Å². The Morgan fingerprint density at radius 3 is 2.78 bits per heavy atom. The molecule has 8 nitrogen and oxygen atoms in total. The zero-order valence-electron chi connectivity index (χ0n) is 15.1. The first-order valence-corrected chi connectivity index (χ1v) is 8.71. The molecule has 0 fully saturated rings. The van der Waals surface area contributed by atoms with Gasteiger partial charge in [0.15, 0.2) is 17.3 Å². The number of nitrogens with zero attached hydrogens (tertiary/aromatic N) is 6. The monoisotopic (exact) mass is 361 g/mol. The van der Waals surface area contributed by atoms with E-state index in [1.807, 2.05) is 60.8 Å². The van der Waals surface area contributed by atoms with E-state index in [0.717, 1.165) is 11.3 Å². The number of amides is 1. The number of hydrogen-bond acceptors (Lipinski definition) is 5. The van der Waals surface area contributed by atoms with Crippen molar-refractivity contribution >= 4 is 11.6 Å². The van der Waals surface area contributed by atoms with Crippen LogP contribution in [-0.4, -0.2) is 35.3 Å². The smallest absolute Gasteiger partial charge is 0.255 e. The predicted octanol–water partition coefficient (Wildman–Crippen LogP) is 2.36. The van der Waals surface area contributed by atoms with E-state index in [2.05, 4.69) is 25.6 Å². The van der Waals surface area contributed by atoms with E-state index in [1.54, 1.807) is 17.1 Å². The van der Waals surface area contributed by atoms with Crippen LogP contribution in [0.3, 0.4) is 0 Å². The van der Waals surface area contributed by atoms with Gasteiger partial charge in [-0.25, -0.2) is 9.67 Å². The molecule has 0 unspecified atom stereocenters. The van der Waals surface area contributed by atoms with Crippen molar-refractivity contribution in [2.75, 3.05) is 0 Å². The highest BCUT2D eigenvalue weighted by molar-refractivity contribution is 5.95. The van der Waals surface area contributed by atoms with Gasteiger partial charge in [-0.2, -0.15) is 5.10 Å². The van der Waals surface area contributed by atoms with Gasteiger partial charge in [0.2, 0.25) is 0 Å². The van der Waals surface area contributed by atoms with Crippen molar-refractivity contribution in [2.45, 2.75) is 26.3 Å². The summed E-state index contributed by atoms with van der Waals surface area (Å²) in [5, 5.41) is 15.5. The first kappa shape index (κ1) is 16.9. The van der Waals surface area contributed by atoms with E-state index in [-0.39, 0.29) is 18.4 Å². The molecule has 0 spiro atoms. The highest BCUT2D eigenvalue weighted by Gasteiger charge is 2.21. The second-order valence-corrected chi connectivity index (χ2v) is 6.43. The highest BCUT2D eigenvalue weighted by Crippen LogP contribution is 2.22.